The van der Waals surface area contributed by atoms with Gasteiger partial charge in [-0.1, -0.05) is 45.0 Å². The zero-order valence-electron chi connectivity index (χ0n) is 12.0. The number of allylic oxidation sites excluding steroid dienone is 1. The summed E-state index contributed by atoms with van der Waals surface area (Å²) < 4.78 is 0. The van der Waals surface area contributed by atoms with Crippen molar-refractivity contribution in [3.05, 3.63) is 52.3 Å². The van der Waals surface area contributed by atoms with E-state index < -0.39 is 0 Å². The molecule has 0 heteroatoms. The van der Waals surface area contributed by atoms with Crippen molar-refractivity contribution in [3.63, 3.8) is 0 Å². The van der Waals surface area contributed by atoms with E-state index >= 15 is 0 Å². The molecule has 1 rings (SSSR count). The first-order valence-corrected chi connectivity index (χ1v) is 6.28. The zero-order valence-corrected chi connectivity index (χ0v) is 12.0. The molecule has 0 saturated heterocycles. The Labute approximate surface area is 106 Å². The SMILES string of the molecule is CC(C)=C=C(C)Cc1ccc(C(C)(C)C)cc1. The molecule has 0 N–H and O–H groups in total. The molecule has 0 aromatic heterocycles. The van der Waals surface area contributed by atoms with Gasteiger partial charge in [-0.25, -0.2) is 0 Å². The number of benzene rings is 1. The van der Waals surface area contributed by atoms with Gasteiger partial charge in [-0.05, 0) is 48.5 Å². The molecular weight excluding hydrogens is 204 g/mol. The van der Waals surface area contributed by atoms with Gasteiger partial charge in [0.2, 0.25) is 0 Å². The van der Waals surface area contributed by atoms with Crippen LogP contribution in [0.5, 0.6) is 0 Å². The zero-order chi connectivity index (χ0) is 13.1. The van der Waals surface area contributed by atoms with E-state index in [9.17, 15) is 0 Å². The molecule has 0 nitrogen and oxygen atoms in total. The predicted molar refractivity (Wildman–Crippen MR) is 76.4 cm³/mol. The highest BCUT2D eigenvalue weighted by molar-refractivity contribution is 5.29. The molecule has 0 fully saturated rings. The van der Waals surface area contributed by atoms with Gasteiger partial charge >= 0.3 is 0 Å². The van der Waals surface area contributed by atoms with E-state index in [1.54, 1.807) is 0 Å². The van der Waals surface area contributed by atoms with Crippen LogP contribution in [0.4, 0.5) is 0 Å². The summed E-state index contributed by atoms with van der Waals surface area (Å²) >= 11 is 0. The first-order valence-electron chi connectivity index (χ1n) is 6.28. The molecule has 0 radical (unpaired) electrons. The van der Waals surface area contributed by atoms with Gasteiger partial charge in [-0.15, -0.1) is 5.73 Å². The molecule has 0 saturated carbocycles. The van der Waals surface area contributed by atoms with E-state index in [1.165, 1.54) is 22.3 Å². The summed E-state index contributed by atoms with van der Waals surface area (Å²) in [5, 5.41) is 0. The normalized spacial score (nSPS) is 10.9. The van der Waals surface area contributed by atoms with Crippen molar-refractivity contribution in [2.24, 2.45) is 0 Å². The van der Waals surface area contributed by atoms with Crippen LogP contribution in [0.2, 0.25) is 0 Å². The van der Waals surface area contributed by atoms with Crippen LogP contribution in [0.25, 0.3) is 0 Å². The molecule has 0 aliphatic rings. The molecule has 0 bridgehead atoms. The van der Waals surface area contributed by atoms with Crippen molar-refractivity contribution in [3.8, 4) is 0 Å². The minimum absolute atomic E-state index is 0.239. The van der Waals surface area contributed by atoms with Crippen molar-refractivity contribution in [1.29, 1.82) is 0 Å². The molecule has 17 heavy (non-hydrogen) atoms. The summed E-state index contributed by atoms with van der Waals surface area (Å²) in [4.78, 5) is 0. The van der Waals surface area contributed by atoms with E-state index in [1.807, 2.05) is 0 Å². The first-order chi connectivity index (χ1) is 7.79. The molecule has 0 unspecified atom stereocenters. The van der Waals surface area contributed by atoms with Crippen LogP contribution in [-0.2, 0) is 11.8 Å². The summed E-state index contributed by atoms with van der Waals surface area (Å²) in [7, 11) is 0. The second-order valence-electron chi connectivity index (χ2n) is 6.03. The predicted octanol–water partition coefficient (Wildman–Crippen LogP) is 5.04. The lowest BCUT2D eigenvalue weighted by molar-refractivity contribution is 0.590. The van der Waals surface area contributed by atoms with E-state index in [4.69, 9.17) is 0 Å². The molecule has 1 aromatic carbocycles. The van der Waals surface area contributed by atoms with Gasteiger partial charge in [-0.3, -0.25) is 0 Å². The Kier molecular flexibility index (Phi) is 4.37. The Hall–Kier alpha value is -1.26. The molecule has 0 amide bonds. The summed E-state index contributed by atoms with van der Waals surface area (Å²) in [6.07, 6.45) is 0.996. The van der Waals surface area contributed by atoms with Gasteiger partial charge < -0.3 is 0 Å². The van der Waals surface area contributed by atoms with Crippen LogP contribution in [-0.4, -0.2) is 0 Å². The van der Waals surface area contributed by atoms with Crippen LogP contribution in [0.3, 0.4) is 0 Å². The minimum Gasteiger partial charge on any atom is -0.123 e. The molecular formula is C17H24. The standard InChI is InChI=1S/C17H24/c1-13(2)11-14(3)12-15-7-9-16(10-8-15)17(4,5)6/h7-10H,12H2,1-6H3. The molecule has 0 spiro atoms. The topological polar surface area (TPSA) is 0 Å². The van der Waals surface area contributed by atoms with E-state index in [0.717, 1.165) is 6.42 Å². The third-order valence-corrected chi connectivity index (χ3v) is 2.75. The van der Waals surface area contributed by atoms with Crippen molar-refractivity contribution < 1.29 is 0 Å². The fourth-order valence-electron chi connectivity index (χ4n) is 1.90. The number of hydrogen-bond donors (Lipinski definition) is 0. The lowest BCUT2D eigenvalue weighted by Crippen LogP contribution is -2.10. The quantitative estimate of drug-likeness (QED) is 0.622. The van der Waals surface area contributed by atoms with E-state index in [2.05, 4.69) is 71.5 Å². The fraction of sp³-hybridized carbons (Fsp3) is 0.471. The maximum absolute atomic E-state index is 3.37. The van der Waals surface area contributed by atoms with Crippen molar-refractivity contribution in [2.45, 2.75) is 53.4 Å². The third kappa shape index (κ3) is 4.63. The highest BCUT2D eigenvalue weighted by Gasteiger charge is 2.12. The van der Waals surface area contributed by atoms with Gasteiger partial charge in [0, 0.05) is 6.42 Å². The average molecular weight is 228 g/mol. The lowest BCUT2D eigenvalue weighted by atomic mass is 9.86. The largest absolute Gasteiger partial charge is 0.123 e. The molecule has 0 atom stereocenters. The molecule has 0 heterocycles. The summed E-state index contributed by atoms with van der Waals surface area (Å²) in [5.74, 6) is 0. The van der Waals surface area contributed by atoms with E-state index in [-0.39, 0.29) is 5.41 Å². The van der Waals surface area contributed by atoms with Gasteiger partial charge in [0.15, 0.2) is 0 Å². The molecule has 0 aliphatic heterocycles. The lowest BCUT2D eigenvalue weighted by Gasteiger charge is -2.19. The van der Waals surface area contributed by atoms with Crippen molar-refractivity contribution >= 4 is 0 Å². The Bertz CT molecular complexity index is 428. The second-order valence-corrected chi connectivity index (χ2v) is 6.03. The van der Waals surface area contributed by atoms with Gasteiger partial charge in [0.05, 0.1) is 0 Å². The molecule has 0 aliphatic carbocycles. The summed E-state index contributed by atoms with van der Waals surface area (Å²) in [5.41, 5.74) is 8.91. The number of hydrogen-bond acceptors (Lipinski definition) is 0. The van der Waals surface area contributed by atoms with Crippen LogP contribution in [0.1, 0.15) is 52.7 Å². The van der Waals surface area contributed by atoms with Gasteiger partial charge in [-0.2, -0.15) is 0 Å². The minimum atomic E-state index is 0.239. The maximum atomic E-state index is 3.37. The fourth-order valence-corrected chi connectivity index (χ4v) is 1.90. The Morgan fingerprint density at radius 3 is 1.94 bits per heavy atom. The molecule has 1 aromatic rings. The summed E-state index contributed by atoms with van der Waals surface area (Å²) in [6.45, 7) is 13.1. The number of rotatable bonds is 2. The van der Waals surface area contributed by atoms with Crippen molar-refractivity contribution in [1.82, 2.24) is 0 Å². The van der Waals surface area contributed by atoms with Crippen LogP contribution >= 0.6 is 0 Å². The van der Waals surface area contributed by atoms with Crippen molar-refractivity contribution in [2.75, 3.05) is 0 Å². The second kappa shape index (κ2) is 5.38. The third-order valence-electron chi connectivity index (χ3n) is 2.75. The monoisotopic (exact) mass is 228 g/mol. The Morgan fingerprint density at radius 1 is 1.00 bits per heavy atom. The highest BCUT2D eigenvalue weighted by atomic mass is 14.2. The Morgan fingerprint density at radius 2 is 1.53 bits per heavy atom. The van der Waals surface area contributed by atoms with E-state index in [0.29, 0.717) is 0 Å². The van der Waals surface area contributed by atoms with Crippen LogP contribution in [0, 0.1) is 0 Å². The Balaban J connectivity index is 2.87. The van der Waals surface area contributed by atoms with Crippen LogP contribution in [0.15, 0.2) is 41.1 Å². The smallest absolute Gasteiger partial charge is 0.000633 e. The van der Waals surface area contributed by atoms with Gasteiger partial charge in [0.25, 0.3) is 0 Å². The van der Waals surface area contributed by atoms with Crippen LogP contribution < -0.4 is 0 Å². The summed E-state index contributed by atoms with van der Waals surface area (Å²) in [6, 6.07) is 8.95. The van der Waals surface area contributed by atoms with Gasteiger partial charge in [0.1, 0.15) is 0 Å². The first kappa shape index (κ1) is 13.8. The maximum Gasteiger partial charge on any atom is 0.000633 e. The average Bonchev–Trinajstić information content (AvgIpc) is 2.15. The molecule has 92 valence electrons. The highest BCUT2D eigenvalue weighted by Crippen LogP contribution is 2.22.